The Morgan fingerprint density at radius 2 is 2.23 bits per heavy atom. The van der Waals surface area contributed by atoms with Gasteiger partial charge in [0, 0.05) is 11.4 Å². The lowest BCUT2D eigenvalue weighted by atomic mass is 10.1. The van der Waals surface area contributed by atoms with E-state index in [1.807, 2.05) is 6.92 Å². The Balaban J connectivity index is 3.28. The molecular formula is C8H7BrClNO2. The van der Waals surface area contributed by atoms with Crippen LogP contribution in [-0.2, 0) is 5.33 Å². The zero-order chi connectivity index (χ0) is 10.0. The molecule has 0 spiro atoms. The van der Waals surface area contributed by atoms with E-state index in [0.717, 1.165) is 11.1 Å². The fraction of sp³-hybridized carbons (Fsp3) is 0.250. The topological polar surface area (TPSA) is 43.1 Å². The zero-order valence-corrected chi connectivity index (χ0v) is 9.22. The molecule has 0 heterocycles. The summed E-state index contributed by atoms with van der Waals surface area (Å²) in [5.74, 6) is 0. The normalized spacial score (nSPS) is 10.1. The molecule has 1 aromatic rings. The second-order valence-electron chi connectivity index (χ2n) is 2.62. The maximum Gasteiger partial charge on any atom is 0.288 e. The van der Waals surface area contributed by atoms with Crippen LogP contribution in [0.2, 0.25) is 5.02 Å². The third-order valence-electron chi connectivity index (χ3n) is 1.75. The number of alkyl halides is 1. The first-order valence-electron chi connectivity index (χ1n) is 3.55. The summed E-state index contributed by atoms with van der Waals surface area (Å²) < 4.78 is 0. The average Bonchev–Trinajstić information content (AvgIpc) is 2.07. The fourth-order valence-corrected chi connectivity index (χ4v) is 1.85. The lowest BCUT2D eigenvalue weighted by Gasteiger charge is -2.02. The Morgan fingerprint density at radius 3 is 2.69 bits per heavy atom. The molecule has 0 aliphatic carbocycles. The lowest BCUT2D eigenvalue weighted by molar-refractivity contribution is -0.384. The van der Waals surface area contributed by atoms with Gasteiger partial charge in [0.15, 0.2) is 0 Å². The van der Waals surface area contributed by atoms with Crippen molar-refractivity contribution in [1.29, 1.82) is 0 Å². The summed E-state index contributed by atoms with van der Waals surface area (Å²) in [7, 11) is 0. The minimum absolute atomic E-state index is 0.0381. The molecule has 1 aromatic carbocycles. The van der Waals surface area contributed by atoms with Crippen LogP contribution < -0.4 is 0 Å². The van der Waals surface area contributed by atoms with Crippen molar-refractivity contribution in [3.8, 4) is 0 Å². The number of aryl methyl sites for hydroxylation is 1. The van der Waals surface area contributed by atoms with Gasteiger partial charge in [0.2, 0.25) is 0 Å². The molecule has 0 aliphatic rings. The van der Waals surface area contributed by atoms with Crippen LogP contribution in [0.5, 0.6) is 0 Å². The van der Waals surface area contributed by atoms with Crippen LogP contribution in [0, 0.1) is 17.0 Å². The Hall–Kier alpha value is -0.610. The van der Waals surface area contributed by atoms with E-state index in [4.69, 9.17) is 11.6 Å². The second kappa shape index (κ2) is 4.07. The first-order chi connectivity index (χ1) is 6.06. The molecule has 0 fully saturated rings. The summed E-state index contributed by atoms with van der Waals surface area (Å²) in [6.07, 6.45) is 0. The molecule has 0 unspecified atom stereocenters. The van der Waals surface area contributed by atoms with Gasteiger partial charge in [-0.1, -0.05) is 27.5 Å². The molecule has 0 aromatic heterocycles. The number of nitro benzene ring substituents is 1. The van der Waals surface area contributed by atoms with Crippen molar-refractivity contribution >= 4 is 33.2 Å². The molecule has 5 heteroatoms. The van der Waals surface area contributed by atoms with Crippen LogP contribution in [0.1, 0.15) is 11.1 Å². The Morgan fingerprint density at radius 1 is 1.62 bits per heavy atom. The summed E-state index contributed by atoms with van der Waals surface area (Å²) >= 11 is 8.99. The van der Waals surface area contributed by atoms with E-state index in [1.165, 1.54) is 6.07 Å². The van der Waals surface area contributed by atoms with E-state index in [0.29, 0.717) is 5.33 Å². The van der Waals surface area contributed by atoms with E-state index in [2.05, 4.69) is 15.9 Å². The average molecular weight is 265 g/mol. The van der Waals surface area contributed by atoms with Crippen LogP contribution in [0.4, 0.5) is 5.69 Å². The molecule has 0 amide bonds. The smallest absolute Gasteiger partial charge is 0.258 e. The molecule has 0 N–H and O–H groups in total. The van der Waals surface area contributed by atoms with Crippen molar-refractivity contribution in [1.82, 2.24) is 0 Å². The quantitative estimate of drug-likeness (QED) is 0.466. The minimum atomic E-state index is -0.479. The van der Waals surface area contributed by atoms with Crippen LogP contribution in [0.3, 0.4) is 0 Å². The number of nitro groups is 1. The maximum absolute atomic E-state index is 10.5. The fourth-order valence-electron chi connectivity index (χ4n) is 0.991. The van der Waals surface area contributed by atoms with E-state index in [9.17, 15) is 10.1 Å². The molecule has 70 valence electrons. The van der Waals surface area contributed by atoms with Gasteiger partial charge < -0.3 is 0 Å². The molecule has 0 saturated carbocycles. The third-order valence-corrected chi connectivity index (χ3v) is 2.65. The molecule has 3 nitrogen and oxygen atoms in total. The number of hydrogen-bond donors (Lipinski definition) is 0. The Labute approximate surface area is 89.0 Å². The van der Waals surface area contributed by atoms with E-state index >= 15 is 0 Å². The molecule has 0 bridgehead atoms. The molecule has 0 saturated heterocycles. The maximum atomic E-state index is 10.5. The van der Waals surface area contributed by atoms with Gasteiger partial charge >= 0.3 is 0 Å². The molecule has 0 radical (unpaired) electrons. The summed E-state index contributed by atoms with van der Waals surface area (Å²) in [5, 5.41) is 11.3. The van der Waals surface area contributed by atoms with Crippen molar-refractivity contribution < 1.29 is 4.92 Å². The van der Waals surface area contributed by atoms with Crippen LogP contribution in [-0.4, -0.2) is 4.92 Å². The van der Waals surface area contributed by atoms with Gasteiger partial charge in [0.1, 0.15) is 5.02 Å². The van der Waals surface area contributed by atoms with Crippen molar-refractivity contribution in [2.45, 2.75) is 12.3 Å². The molecule has 13 heavy (non-hydrogen) atoms. The second-order valence-corrected chi connectivity index (χ2v) is 3.59. The van der Waals surface area contributed by atoms with Gasteiger partial charge in [0.25, 0.3) is 5.69 Å². The van der Waals surface area contributed by atoms with Gasteiger partial charge in [-0.15, -0.1) is 0 Å². The van der Waals surface area contributed by atoms with Gasteiger partial charge in [-0.3, -0.25) is 10.1 Å². The standard InChI is InChI=1S/C8H7BrClNO2/c1-5-2-8(11(12)13)7(10)3-6(5)4-9/h2-3H,4H2,1H3. The number of nitrogens with zero attached hydrogens (tertiary/aromatic N) is 1. The number of rotatable bonds is 2. The summed E-state index contributed by atoms with van der Waals surface area (Å²) in [4.78, 5) is 10.0. The zero-order valence-electron chi connectivity index (χ0n) is 6.88. The van der Waals surface area contributed by atoms with E-state index in [1.54, 1.807) is 6.07 Å². The monoisotopic (exact) mass is 263 g/mol. The van der Waals surface area contributed by atoms with Crippen molar-refractivity contribution in [3.05, 3.63) is 38.4 Å². The molecule has 0 atom stereocenters. The highest BCUT2D eigenvalue weighted by atomic mass is 79.9. The van der Waals surface area contributed by atoms with Gasteiger partial charge in [0.05, 0.1) is 4.92 Å². The Kier molecular flexibility index (Phi) is 3.27. The predicted octanol–water partition coefficient (Wildman–Crippen LogP) is 3.45. The van der Waals surface area contributed by atoms with Crippen LogP contribution in [0.15, 0.2) is 12.1 Å². The van der Waals surface area contributed by atoms with Gasteiger partial charge in [-0.25, -0.2) is 0 Å². The number of halogens is 2. The number of benzene rings is 1. The summed E-state index contributed by atoms with van der Waals surface area (Å²) in [6.45, 7) is 1.82. The van der Waals surface area contributed by atoms with Gasteiger partial charge in [-0.2, -0.15) is 0 Å². The van der Waals surface area contributed by atoms with Gasteiger partial charge in [-0.05, 0) is 24.1 Å². The minimum Gasteiger partial charge on any atom is -0.258 e. The largest absolute Gasteiger partial charge is 0.288 e. The molecule has 1 rings (SSSR count). The SMILES string of the molecule is Cc1cc([N+](=O)[O-])c(Cl)cc1CBr. The number of hydrogen-bond acceptors (Lipinski definition) is 2. The van der Waals surface area contributed by atoms with Crippen molar-refractivity contribution in [3.63, 3.8) is 0 Å². The Bertz CT molecular complexity index is 354. The first-order valence-corrected chi connectivity index (χ1v) is 5.05. The van der Waals surface area contributed by atoms with E-state index in [-0.39, 0.29) is 10.7 Å². The molecular weight excluding hydrogens is 257 g/mol. The van der Waals surface area contributed by atoms with Crippen LogP contribution >= 0.6 is 27.5 Å². The lowest BCUT2D eigenvalue weighted by Crippen LogP contribution is -1.93. The summed E-state index contributed by atoms with van der Waals surface area (Å²) in [5.41, 5.74) is 1.80. The van der Waals surface area contributed by atoms with Crippen molar-refractivity contribution in [2.24, 2.45) is 0 Å². The molecule has 0 aliphatic heterocycles. The highest BCUT2D eigenvalue weighted by molar-refractivity contribution is 9.08. The highest BCUT2D eigenvalue weighted by Gasteiger charge is 2.13. The third kappa shape index (κ3) is 2.19. The van der Waals surface area contributed by atoms with Crippen molar-refractivity contribution in [2.75, 3.05) is 0 Å². The van der Waals surface area contributed by atoms with E-state index < -0.39 is 4.92 Å². The summed E-state index contributed by atoms with van der Waals surface area (Å²) in [6, 6.07) is 3.10. The predicted molar refractivity (Wildman–Crippen MR) is 55.5 cm³/mol. The van der Waals surface area contributed by atoms with Crippen LogP contribution in [0.25, 0.3) is 0 Å². The highest BCUT2D eigenvalue weighted by Crippen LogP contribution is 2.28. The first kappa shape index (κ1) is 10.5.